The van der Waals surface area contributed by atoms with E-state index >= 15 is 0 Å². The van der Waals surface area contributed by atoms with Crippen molar-refractivity contribution < 1.29 is 4.79 Å². The molecule has 2 aromatic heterocycles. The molecule has 0 radical (unpaired) electrons. The monoisotopic (exact) mass is 291 g/mol. The van der Waals surface area contributed by atoms with E-state index in [4.69, 9.17) is 12.2 Å². The Morgan fingerprint density at radius 1 is 1.45 bits per heavy atom. The van der Waals surface area contributed by atoms with Gasteiger partial charge in [0.2, 0.25) is 5.91 Å². The number of carbonyl (C=O) groups is 1. The highest BCUT2D eigenvalue weighted by Crippen LogP contribution is 2.23. The number of hydrogen-bond donors (Lipinski definition) is 2. The molecule has 2 heterocycles. The van der Waals surface area contributed by atoms with E-state index in [0.29, 0.717) is 17.1 Å². The molecule has 0 aliphatic carbocycles. The van der Waals surface area contributed by atoms with Gasteiger partial charge in [0.1, 0.15) is 0 Å². The molecule has 2 aromatic rings. The minimum absolute atomic E-state index is 0.0405. The Labute approximate surface area is 122 Å². The SMILES string of the molecule is CNC(=O)C(C)(C)Cn1c(-c2ccncc2)n[nH]c1=S. The number of rotatable bonds is 4. The van der Waals surface area contributed by atoms with Crippen LogP contribution < -0.4 is 5.32 Å². The van der Waals surface area contributed by atoms with E-state index in [-0.39, 0.29) is 5.91 Å². The third-order valence-corrected chi connectivity index (χ3v) is 3.40. The van der Waals surface area contributed by atoms with Gasteiger partial charge < -0.3 is 5.32 Å². The number of H-pyrrole nitrogens is 1. The Morgan fingerprint density at radius 3 is 2.70 bits per heavy atom. The fraction of sp³-hybridized carbons (Fsp3) is 0.385. The maximum absolute atomic E-state index is 11.9. The van der Waals surface area contributed by atoms with E-state index in [1.165, 1.54) is 0 Å². The molecular formula is C13H17N5OS. The van der Waals surface area contributed by atoms with Gasteiger partial charge in [-0.3, -0.25) is 19.4 Å². The topological polar surface area (TPSA) is 75.6 Å². The lowest BCUT2D eigenvalue weighted by Crippen LogP contribution is -2.37. The minimum atomic E-state index is -0.585. The summed E-state index contributed by atoms with van der Waals surface area (Å²) in [5.74, 6) is 0.663. The van der Waals surface area contributed by atoms with Crippen molar-refractivity contribution in [2.24, 2.45) is 5.41 Å². The molecule has 0 fully saturated rings. The van der Waals surface area contributed by atoms with Gasteiger partial charge in [-0.15, -0.1) is 0 Å². The van der Waals surface area contributed by atoms with E-state index in [9.17, 15) is 4.79 Å². The normalized spacial score (nSPS) is 11.3. The average Bonchev–Trinajstić information content (AvgIpc) is 2.79. The number of pyridine rings is 1. The lowest BCUT2D eigenvalue weighted by molar-refractivity contribution is -0.129. The van der Waals surface area contributed by atoms with E-state index in [1.807, 2.05) is 30.5 Å². The zero-order chi connectivity index (χ0) is 14.8. The number of amides is 1. The molecule has 2 rings (SSSR count). The van der Waals surface area contributed by atoms with Crippen molar-refractivity contribution in [1.82, 2.24) is 25.1 Å². The zero-order valence-electron chi connectivity index (χ0n) is 11.7. The first-order chi connectivity index (χ1) is 9.45. The fourth-order valence-corrected chi connectivity index (χ4v) is 2.19. The van der Waals surface area contributed by atoms with Crippen LogP contribution in [-0.2, 0) is 11.3 Å². The lowest BCUT2D eigenvalue weighted by atomic mass is 9.92. The largest absolute Gasteiger partial charge is 0.359 e. The molecule has 0 aromatic carbocycles. The van der Waals surface area contributed by atoms with Crippen molar-refractivity contribution in [1.29, 1.82) is 0 Å². The maximum atomic E-state index is 11.9. The first kappa shape index (κ1) is 14.4. The fourth-order valence-electron chi connectivity index (χ4n) is 1.99. The molecule has 0 aliphatic rings. The molecule has 20 heavy (non-hydrogen) atoms. The Morgan fingerprint density at radius 2 is 2.10 bits per heavy atom. The number of nitrogens with one attached hydrogen (secondary N) is 2. The maximum Gasteiger partial charge on any atom is 0.227 e. The van der Waals surface area contributed by atoms with Gasteiger partial charge in [0.05, 0.1) is 5.41 Å². The number of hydrogen-bond acceptors (Lipinski definition) is 4. The summed E-state index contributed by atoms with van der Waals surface area (Å²) in [6, 6.07) is 3.71. The molecule has 0 aliphatic heterocycles. The molecule has 0 saturated heterocycles. The Balaban J connectivity index is 2.41. The van der Waals surface area contributed by atoms with E-state index in [0.717, 1.165) is 5.56 Å². The molecular weight excluding hydrogens is 274 g/mol. The number of nitrogens with zero attached hydrogens (tertiary/aromatic N) is 3. The van der Waals surface area contributed by atoms with Gasteiger partial charge in [-0.2, -0.15) is 5.10 Å². The predicted octanol–water partition coefficient (Wildman–Crippen LogP) is 1.77. The van der Waals surface area contributed by atoms with Crippen molar-refractivity contribution in [2.45, 2.75) is 20.4 Å². The van der Waals surface area contributed by atoms with Gasteiger partial charge in [-0.25, -0.2) is 0 Å². The standard InChI is InChI=1S/C13H17N5OS/c1-13(2,11(19)14-3)8-18-10(16-17-12(18)20)9-4-6-15-7-5-9/h4-7H,8H2,1-3H3,(H,14,19)(H,17,20). The highest BCUT2D eigenvalue weighted by molar-refractivity contribution is 7.71. The van der Waals surface area contributed by atoms with Crippen molar-refractivity contribution in [2.75, 3.05) is 7.05 Å². The molecule has 0 bridgehead atoms. The molecule has 0 saturated carbocycles. The molecule has 0 spiro atoms. The second kappa shape index (κ2) is 5.54. The summed E-state index contributed by atoms with van der Waals surface area (Å²) in [6.45, 7) is 4.19. The van der Waals surface area contributed by atoms with Gasteiger partial charge in [-0.1, -0.05) is 0 Å². The third kappa shape index (κ3) is 2.77. The van der Waals surface area contributed by atoms with Crippen LogP contribution in [-0.4, -0.2) is 32.7 Å². The summed E-state index contributed by atoms with van der Waals surface area (Å²) < 4.78 is 2.33. The summed E-state index contributed by atoms with van der Waals surface area (Å²) >= 11 is 5.26. The van der Waals surface area contributed by atoms with Gasteiger partial charge in [-0.05, 0) is 38.2 Å². The summed E-state index contributed by atoms with van der Waals surface area (Å²) in [6.07, 6.45) is 3.39. The summed E-state index contributed by atoms with van der Waals surface area (Å²) in [5.41, 5.74) is 0.318. The summed E-state index contributed by atoms with van der Waals surface area (Å²) in [7, 11) is 1.63. The van der Waals surface area contributed by atoms with E-state index < -0.39 is 5.41 Å². The second-order valence-corrected chi connectivity index (χ2v) is 5.52. The number of carbonyl (C=O) groups excluding carboxylic acids is 1. The van der Waals surface area contributed by atoms with Crippen molar-refractivity contribution in [3.63, 3.8) is 0 Å². The second-order valence-electron chi connectivity index (χ2n) is 5.14. The van der Waals surface area contributed by atoms with Crippen molar-refractivity contribution in [3.8, 4) is 11.4 Å². The van der Waals surface area contributed by atoms with Crippen LogP contribution in [0.4, 0.5) is 0 Å². The molecule has 0 atom stereocenters. The van der Waals surface area contributed by atoms with E-state index in [1.54, 1.807) is 19.4 Å². The van der Waals surface area contributed by atoms with Crippen LogP contribution in [0.3, 0.4) is 0 Å². The van der Waals surface area contributed by atoms with Crippen molar-refractivity contribution >= 4 is 18.1 Å². The van der Waals surface area contributed by atoms with Crippen LogP contribution >= 0.6 is 12.2 Å². The van der Waals surface area contributed by atoms with Crippen molar-refractivity contribution in [3.05, 3.63) is 29.3 Å². The van der Waals surface area contributed by atoms with Crippen LogP contribution in [0.15, 0.2) is 24.5 Å². The quantitative estimate of drug-likeness (QED) is 0.842. The molecule has 7 heteroatoms. The van der Waals surface area contributed by atoms with Gasteiger partial charge in [0, 0.05) is 31.5 Å². The minimum Gasteiger partial charge on any atom is -0.359 e. The molecule has 0 unspecified atom stereocenters. The highest BCUT2D eigenvalue weighted by atomic mass is 32.1. The highest BCUT2D eigenvalue weighted by Gasteiger charge is 2.28. The van der Waals surface area contributed by atoms with Gasteiger partial charge in [0.15, 0.2) is 10.6 Å². The van der Waals surface area contributed by atoms with Gasteiger partial charge >= 0.3 is 0 Å². The number of aromatic amines is 1. The molecule has 1 amide bonds. The smallest absolute Gasteiger partial charge is 0.227 e. The predicted molar refractivity (Wildman–Crippen MR) is 78.5 cm³/mol. The first-order valence-electron chi connectivity index (χ1n) is 6.23. The van der Waals surface area contributed by atoms with Crippen LogP contribution in [0.2, 0.25) is 0 Å². The molecule has 106 valence electrons. The lowest BCUT2D eigenvalue weighted by Gasteiger charge is -2.23. The van der Waals surface area contributed by atoms with Crippen LogP contribution in [0.25, 0.3) is 11.4 Å². The Kier molecular flexibility index (Phi) is 3.99. The number of aromatic nitrogens is 4. The Bertz CT molecular complexity index is 659. The zero-order valence-corrected chi connectivity index (χ0v) is 12.5. The first-order valence-corrected chi connectivity index (χ1v) is 6.64. The summed E-state index contributed by atoms with van der Waals surface area (Å²) in [5, 5.41) is 9.69. The van der Waals surface area contributed by atoms with Crippen LogP contribution in [0.1, 0.15) is 13.8 Å². The van der Waals surface area contributed by atoms with E-state index in [2.05, 4.69) is 20.5 Å². The Hall–Kier alpha value is -2.02. The summed E-state index contributed by atoms with van der Waals surface area (Å²) in [4.78, 5) is 15.9. The third-order valence-electron chi connectivity index (χ3n) is 3.09. The molecule has 2 N–H and O–H groups in total. The van der Waals surface area contributed by atoms with Crippen LogP contribution in [0.5, 0.6) is 0 Å². The van der Waals surface area contributed by atoms with Gasteiger partial charge in [0.25, 0.3) is 0 Å². The average molecular weight is 291 g/mol. The van der Waals surface area contributed by atoms with Crippen LogP contribution in [0, 0.1) is 10.2 Å². The molecule has 6 nitrogen and oxygen atoms in total.